The largest absolute Gasteiger partial charge is 0.586 e. The Balaban J connectivity index is 1.76. The van der Waals surface area contributed by atoms with Crippen LogP contribution in [0.25, 0.3) is 10.9 Å². The number of fused-ring (bicyclic) bond motifs is 2. The van der Waals surface area contributed by atoms with Crippen molar-refractivity contribution in [1.82, 2.24) is 4.57 Å². The minimum absolute atomic E-state index is 0.112. The van der Waals surface area contributed by atoms with Crippen molar-refractivity contribution in [3.8, 4) is 11.5 Å². The van der Waals surface area contributed by atoms with Gasteiger partial charge in [0.25, 0.3) is 0 Å². The van der Waals surface area contributed by atoms with Gasteiger partial charge in [-0.1, -0.05) is 26.8 Å². The Kier molecular flexibility index (Phi) is 3.37. The number of halogens is 3. The fourth-order valence-electron chi connectivity index (χ4n) is 3.99. The molecule has 1 fully saturated rings. The summed E-state index contributed by atoms with van der Waals surface area (Å²) >= 11 is 0. The van der Waals surface area contributed by atoms with Gasteiger partial charge in [0, 0.05) is 28.4 Å². The minimum Gasteiger partial charge on any atom is -0.395 e. The van der Waals surface area contributed by atoms with E-state index in [4.69, 9.17) is 17.8 Å². The maximum absolute atomic E-state index is 16.2. The summed E-state index contributed by atoms with van der Waals surface area (Å²) in [4.78, 5) is 14.2. The summed E-state index contributed by atoms with van der Waals surface area (Å²) < 4.78 is 162. The lowest BCUT2D eigenvalue weighted by Gasteiger charge is -2.26. The number of alkyl halides is 2. The van der Waals surface area contributed by atoms with E-state index in [1.54, 1.807) is 20.8 Å². The molecule has 0 amide bonds. The molecule has 0 bridgehead atoms. The molecule has 2 heterocycles. The molecule has 1 saturated carbocycles. The first kappa shape index (κ1) is 14.2. The standard InChI is InChI=1S/C28H30F3NO5/c1-4-26(2,3)24-10-17-9-16(20(29)13-21(17)32(24)14-19(34)15-33)11-25(35)27(7-8-27)18-5-6-22-23(12-18)37-28(30,31)36-22/h5-6,9-10,12-13,19,33-34H,4,7-8,11,14-15H2,1-3H3/t19-/m0/s1/i5D,6D,7D2,8D2,9D,10D,12D,13D,15D2,19D. The van der Waals surface area contributed by atoms with Crippen LogP contribution in [0.5, 0.6) is 11.5 Å². The van der Waals surface area contributed by atoms with Gasteiger partial charge in [0.2, 0.25) is 0 Å². The van der Waals surface area contributed by atoms with E-state index < -0.39 is 137 Å². The molecule has 2 aromatic carbocycles. The highest BCUT2D eigenvalue weighted by molar-refractivity contribution is 5.95. The van der Waals surface area contributed by atoms with Crippen LogP contribution in [0.15, 0.2) is 36.3 Å². The van der Waals surface area contributed by atoms with Gasteiger partial charge in [0.05, 0.1) is 42.5 Å². The third-order valence-corrected chi connectivity index (χ3v) is 6.44. The Morgan fingerprint density at radius 3 is 2.62 bits per heavy atom. The maximum Gasteiger partial charge on any atom is 0.586 e. The monoisotopic (exact) mass is 530 g/mol. The third-order valence-electron chi connectivity index (χ3n) is 6.44. The summed E-state index contributed by atoms with van der Waals surface area (Å²) in [6, 6.07) is -6.33. The summed E-state index contributed by atoms with van der Waals surface area (Å²) in [5.41, 5.74) is -7.15. The molecule has 1 atom stereocenters. The van der Waals surface area contributed by atoms with E-state index >= 15 is 4.39 Å². The molecule has 6 nitrogen and oxygen atoms in total. The Labute approximate surface area is 230 Å². The summed E-state index contributed by atoms with van der Waals surface area (Å²) in [5.74, 6) is -5.50. The molecule has 3 aromatic rings. The fraction of sp³-hybridized carbons (Fsp3) is 0.464. The van der Waals surface area contributed by atoms with Gasteiger partial charge >= 0.3 is 6.29 Å². The first-order valence-electron chi connectivity index (χ1n) is 17.7. The van der Waals surface area contributed by atoms with Crippen molar-refractivity contribution in [2.45, 2.75) is 76.1 Å². The topological polar surface area (TPSA) is 80.9 Å². The average molecular weight is 531 g/mol. The summed E-state index contributed by atoms with van der Waals surface area (Å²) in [6.45, 7) is 0.115. The predicted octanol–water partition coefficient (Wildman–Crippen LogP) is 4.99. The number of rotatable bonds is 9. The van der Waals surface area contributed by atoms with Crippen molar-refractivity contribution in [3.05, 3.63) is 58.9 Å². The van der Waals surface area contributed by atoms with Crippen molar-refractivity contribution >= 4 is 16.7 Å². The van der Waals surface area contributed by atoms with Gasteiger partial charge in [-0.3, -0.25) is 4.79 Å². The van der Waals surface area contributed by atoms with Crippen LogP contribution < -0.4 is 9.47 Å². The molecule has 1 aliphatic carbocycles. The summed E-state index contributed by atoms with van der Waals surface area (Å²) in [5, 5.41) is 19.8. The SMILES string of the molecule is [2H]c1c([2H])c(C2(C(=O)Cc3c(F)c([2H])c4c(c3[2H])c([2H])c(C(C)(C)CC)n4C[C@]([2H])(O)C([2H])([2H])O)C([2H])([2H])C2([2H])[2H])c([2H])c2c1OC(F)(F)O2. The number of benzene rings is 2. The van der Waals surface area contributed by atoms with Gasteiger partial charge in [-0.2, -0.15) is 0 Å². The van der Waals surface area contributed by atoms with Crippen molar-refractivity contribution in [2.75, 3.05) is 6.56 Å². The molecule has 1 aromatic heterocycles. The number of Topliss-reactive ketones (excluding diaryl/α,β-unsaturated/α-hetero) is 1. The van der Waals surface area contributed by atoms with Crippen LogP contribution >= 0.6 is 0 Å². The number of ether oxygens (including phenoxy) is 2. The second-order valence-electron chi connectivity index (χ2n) is 9.30. The highest BCUT2D eigenvalue weighted by Gasteiger charge is 2.52. The lowest BCUT2D eigenvalue weighted by atomic mass is 9.86. The lowest BCUT2D eigenvalue weighted by molar-refractivity contribution is -0.286. The zero-order chi connectivity index (χ0) is 38.3. The van der Waals surface area contributed by atoms with Gasteiger partial charge in [0.15, 0.2) is 11.5 Å². The van der Waals surface area contributed by atoms with Gasteiger partial charge in [-0.25, -0.2) is 4.39 Å². The maximum atomic E-state index is 16.2. The molecule has 0 radical (unpaired) electrons. The second-order valence-corrected chi connectivity index (χ2v) is 9.30. The van der Waals surface area contributed by atoms with Crippen LogP contribution in [0, 0.1) is 5.82 Å². The highest BCUT2D eigenvalue weighted by atomic mass is 19.3. The van der Waals surface area contributed by atoms with Crippen LogP contribution in [0.4, 0.5) is 13.2 Å². The number of aromatic nitrogens is 1. The van der Waals surface area contributed by atoms with Crippen molar-refractivity contribution in [2.24, 2.45) is 0 Å². The Morgan fingerprint density at radius 1 is 1.27 bits per heavy atom. The van der Waals surface area contributed by atoms with Crippen molar-refractivity contribution in [1.29, 1.82) is 0 Å². The Morgan fingerprint density at radius 2 is 1.97 bits per heavy atom. The van der Waals surface area contributed by atoms with Gasteiger partial charge < -0.3 is 24.3 Å². The number of aliphatic hydroxyl groups is 2. The van der Waals surface area contributed by atoms with Gasteiger partial charge in [-0.15, -0.1) is 8.78 Å². The number of carbonyl (C=O) groups excluding carboxylic acids is 1. The molecule has 37 heavy (non-hydrogen) atoms. The normalized spacial score (nSPS) is 27.3. The van der Waals surface area contributed by atoms with Crippen LogP contribution in [0.1, 0.15) is 74.6 Å². The van der Waals surface area contributed by atoms with Crippen LogP contribution in [0.3, 0.4) is 0 Å². The second kappa shape index (κ2) is 8.77. The minimum atomic E-state index is -4.42. The van der Waals surface area contributed by atoms with E-state index in [2.05, 4.69) is 9.47 Å². The van der Waals surface area contributed by atoms with Gasteiger partial charge in [0.1, 0.15) is 11.6 Å². The van der Waals surface area contributed by atoms with Crippen LogP contribution in [-0.2, 0) is 28.6 Å². The van der Waals surface area contributed by atoms with E-state index in [-0.39, 0.29) is 12.1 Å². The average Bonchev–Trinajstić information content (AvgIpc) is 3.25. The van der Waals surface area contributed by atoms with Crippen molar-refractivity contribution in [3.63, 3.8) is 0 Å². The Hall–Kier alpha value is -3.04. The van der Waals surface area contributed by atoms with Gasteiger partial charge in [-0.05, 0) is 60.5 Å². The zero-order valence-corrected chi connectivity index (χ0v) is 19.8. The molecular weight excluding hydrogens is 487 g/mol. The molecular formula is C28H30F3NO5. The zero-order valence-electron chi connectivity index (χ0n) is 32.8. The summed E-state index contributed by atoms with van der Waals surface area (Å²) in [7, 11) is 0. The van der Waals surface area contributed by atoms with E-state index in [1.165, 1.54) is 0 Å². The molecule has 1 aliphatic heterocycles. The molecule has 0 unspecified atom stereocenters. The van der Waals surface area contributed by atoms with Crippen LogP contribution in [0.2, 0.25) is 0 Å². The number of nitrogens with zero attached hydrogens (tertiary/aromatic N) is 1. The quantitative estimate of drug-likeness (QED) is 0.408. The molecule has 2 N–H and O–H groups in total. The highest BCUT2D eigenvalue weighted by Crippen LogP contribution is 2.52. The Bertz CT molecular complexity index is 1980. The number of hydrogen-bond donors (Lipinski definition) is 2. The molecule has 198 valence electrons. The first-order valence-corrected chi connectivity index (χ1v) is 11.2. The van der Waals surface area contributed by atoms with E-state index in [9.17, 15) is 23.8 Å². The van der Waals surface area contributed by atoms with E-state index in [0.29, 0.717) is 0 Å². The van der Waals surface area contributed by atoms with E-state index in [0.717, 1.165) is 4.57 Å². The number of ketones is 1. The summed E-state index contributed by atoms with van der Waals surface area (Å²) in [6.07, 6.45) is -15.5. The van der Waals surface area contributed by atoms with Crippen LogP contribution in [-0.4, -0.2) is 39.5 Å². The molecule has 0 saturated heterocycles. The number of hydrogen-bond acceptors (Lipinski definition) is 5. The molecule has 5 rings (SSSR count). The molecule has 9 heteroatoms. The fourth-order valence-corrected chi connectivity index (χ4v) is 3.99. The number of carbonyl (C=O) groups is 1. The van der Waals surface area contributed by atoms with Crippen molar-refractivity contribution < 1.29 is 55.5 Å². The third kappa shape index (κ3) is 4.48. The first-order chi connectivity index (χ1) is 22.5. The predicted molar refractivity (Wildman–Crippen MR) is 131 cm³/mol. The molecule has 2 aliphatic rings. The van der Waals surface area contributed by atoms with E-state index in [1.807, 2.05) is 0 Å². The smallest absolute Gasteiger partial charge is 0.395 e. The lowest BCUT2D eigenvalue weighted by Crippen LogP contribution is -2.26. The molecule has 0 spiro atoms.